The van der Waals surface area contributed by atoms with Crippen molar-refractivity contribution >= 4 is 0 Å². The number of rotatable bonds is 5. The van der Waals surface area contributed by atoms with Crippen molar-refractivity contribution in [2.75, 3.05) is 13.2 Å². The normalized spacial score (nSPS) is 24.6. The Morgan fingerprint density at radius 3 is 2.79 bits per heavy atom. The molecule has 106 valence electrons. The van der Waals surface area contributed by atoms with E-state index in [-0.39, 0.29) is 5.60 Å². The van der Waals surface area contributed by atoms with E-state index in [4.69, 9.17) is 4.74 Å². The summed E-state index contributed by atoms with van der Waals surface area (Å²) in [6.45, 7) is 10.7. The van der Waals surface area contributed by atoms with Gasteiger partial charge in [-0.05, 0) is 57.7 Å². The molecule has 1 aromatic rings. The summed E-state index contributed by atoms with van der Waals surface area (Å²) in [5.41, 5.74) is 4.16. The Balaban J connectivity index is 2.18. The van der Waals surface area contributed by atoms with E-state index < -0.39 is 0 Å². The van der Waals surface area contributed by atoms with Crippen molar-refractivity contribution in [2.45, 2.75) is 58.6 Å². The van der Waals surface area contributed by atoms with E-state index in [2.05, 4.69) is 51.2 Å². The number of ether oxygens (including phenoxy) is 1. The summed E-state index contributed by atoms with van der Waals surface area (Å²) >= 11 is 0. The van der Waals surface area contributed by atoms with Gasteiger partial charge in [-0.15, -0.1) is 0 Å². The molecule has 2 rings (SSSR count). The smallest absolute Gasteiger partial charge is 0.0810 e. The molecule has 1 aliphatic rings. The predicted octanol–water partition coefficient (Wildman–Crippen LogP) is 3.39. The Hall–Kier alpha value is -0.860. The Kier molecular flexibility index (Phi) is 4.64. The van der Waals surface area contributed by atoms with Gasteiger partial charge in [0.15, 0.2) is 0 Å². The molecule has 0 aliphatic carbocycles. The molecule has 0 aromatic heterocycles. The second-order valence-electron chi connectivity index (χ2n) is 6.01. The SMILES string of the molecule is CCNC(Cc1cc(C)ccc1C)C1(C)CCCO1. The van der Waals surface area contributed by atoms with Crippen molar-refractivity contribution in [1.82, 2.24) is 5.32 Å². The molecule has 0 bridgehead atoms. The topological polar surface area (TPSA) is 21.3 Å². The highest BCUT2D eigenvalue weighted by Gasteiger charge is 2.37. The zero-order chi connectivity index (χ0) is 13.9. The summed E-state index contributed by atoms with van der Waals surface area (Å²) in [7, 11) is 0. The van der Waals surface area contributed by atoms with Crippen molar-refractivity contribution in [3.63, 3.8) is 0 Å². The van der Waals surface area contributed by atoms with E-state index in [0.29, 0.717) is 6.04 Å². The van der Waals surface area contributed by atoms with Crippen LogP contribution in [0.2, 0.25) is 0 Å². The summed E-state index contributed by atoms with van der Waals surface area (Å²) in [4.78, 5) is 0. The molecule has 2 nitrogen and oxygen atoms in total. The Morgan fingerprint density at radius 2 is 2.16 bits per heavy atom. The van der Waals surface area contributed by atoms with Gasteiger partial charge in [0.2, 0.25) is 0 Å². The average Bonchev–Trinajstić information content (AvgIpc) is 2.81. The molecular formula is C17H27NO. The predicted molar refractivity (Wildman–Crippen MR) is 80.7 cm³/mol. The van der Waals surface area contributed by atoms with Crippen LogP contribution in [0.15, 0.2) is 18.2 Å². The number of hydrogen-bond acceptors (Lipinski definition) is 2. The van der Waals surface area contributed by atoms with Crippen molar-refractivity contribution in [3.05, 3.63) is 34.9 Å². The molecule has 2 heteroatoms. The molecular weight excluding hydrogens is 234 g/mol. The van der Waals surface area contributed by atoms with Gasteiger partial charge in [-0.25, -0.2) is 0 Å². The van der Waals surface area contributed by atoms with Crippen LogP contribution in [0, 0.1) is 13.8 Å². The third-order valence-electron chi connectivity index (χ3n) is 4.37. The van der Waals surface area contributed by atoms with Crippen molar-refractivity contribution < 1.29 is 4.74 Å². The van der Waals surface area contributed by atoms with Crippen LogP contribution in [0.3, 0.4) is 0 Å². The first-order chi connectivity index (χ1) is 9.05. The second-order valence-corrected chi connectivity index (χ2v) is 6.01. The number of likely N-dealkylation sites (N-methyl/N-ethyl adjacent to an activating group) is 1. The fourth-order valence-electron chi connectivity index (χ4n) is 3.07. The maximum atomic E-state index is 6.03. The molecule has 1 heterocycles. The number of aryl methyl sites for hydroxylation is 2. The van der Waals surface area contributed by atoms with Crippen LogP contribution in [0.1, 0.15) is 43.4 Å². The molecule has 1 aliphatic heterocycles. The van der Waals surface area contributed by atoms with Gasteiger partial charge in [-0.3, -0.25) is 0 Å². The standard InChI is InChI=1S/C17H27NO/c1-5-18-16(17(4)9-6-10-19-17)12-15-11-13(2)7-8-14(15)3/h7-8,11,16,18H,5-6,9-10,12H2,1-4H3. The van der Waals surface area contributed by atoms with Gasteiger partial charge in [-0.2, -0.15) is 0 Å². The van der Waals surface area contributed by atoms with Crippen LogP contribution in [0.25, 0.3) is 0 Å². The van der Waals surface area contributed by atoms with E-state index >= 15 is 0 Å². The number of benzene rings is 1. The fourth-order valence-corrected chi connectivity index (χ4v) is 3.07. The van der Waals surface area contributed by atoms with Gasteiger partial charge in [0.05, 0.1) is 5.60 Å². The molecule has 1 saturated heterocycles. The van der Waals surface area contributed by atoms with Gasteiger partial charge in [0.1, 0.15) is 0 Å². The Morgan fingerprint density at radius 1 is 1.37 bits per heavy atom. The van der Waals surface area contributed by atoms with Crippen LogP contribution in [0.5, 0.6) is 0 Å². The van der Waals surface area contributed by atoms with Crippen LogP contribution in [-0.2, 0) is 11.2 Å². The molecule has 0 radical (unpaired) electrons. The van der Waals surface area contributed by atoms with E-state index in [0.717, 1.165) is 26.0 Å². The molecule has 19 heavy (non-hydrogen) atoms. The van der Waals surface area contributed by atoms with E-state index in [1.165, 1.54) is 23.1 Å². The van der Waals surface area contributed by atoms with Gasteiger partial charge in [-0.1, -0.05) is 30.7 Å². The average molecular weight is 261 g/mol. The molecule has 1 N–H and O–H groups in total. The lowest BCUT2D eigenvalue weighted by molar-refractivity contribution is -0.0110. The zero-order valence-corrected chi connectivity index (χ0v) is 12.8. The lowest BCUT2D eigenvalue weighted by Gasteiger charge is -2.34. The van der Waals surface area contributed by atoms with Gasteiger partial charge < -0.3 is 10.1 Å². The summed E-state index contributed by atoms with van der Waals surface area (Å²) in [5.74, 6) is 0. The van der Waals surface area contributed by atoms with Gasteiger partial charge >= 0.3 is 0 Å². The van der Waals surface area contributed by atoms with Crippen molar-refractivity contribution in [3.8, 4) is 0 Å². The first kappa shape index (κ1) is 14.5. The fraction of sp³-hybridized carbons (Fsp3) is 0.647. The minimum Gasteiger partial charge on any atom is -0.374 e. The number of hydrogen-bond donors (Lipinski definition) is 1. The lowest BCUT2D eigenvalue weighted by Crippen LogP contribution is -2.49. The first-order valence-electron chi connectivity index (χ1n) is 7.48. The Labute approximate surface area is 117 Å². The van der Waals surface area contributed by atoms with Crippen LogP contribution in [0.4, 0.5) is 0 Å². The minimum absolute atomic E-state index is 0.00774. The first-order valence-corrected chi connectivity index (χ1v) is 7.48. The van der Waals surface area contributed by atoms with Crippen molar-refractivity contribution in [2.24, 2.45) is 0 Å². The minimum atomic E-state index is -0.00774. The molecule has 0 saturated carbocycles. The third kappa shape index (κ3) is 3.37. The molecule has 0 spiro atoms. The van der Waals surface area contributed by atoms with Gasteiger partial charge in [0, 0.05) is 12.6 Å². The molecule has 2 unspecified atom stereocenters. The largest absolute Gasteiger partial charge is 0.374 e. The molecule has 1 aromatic carbocycles. The van der Waals surface area contributed by atoms with Crippen molar-refractivity contribution in [1.29, 1.82) is 0 Å². The Bertz CT molecular complexity index is 421. The van der Waals surface area contributed by atoms with E-state index in [9.17, 15) is 0 Å². The lowest BCUT2D eigenvalue weighted by atomic mass is 9.86. The van der Waals surface area contributed by atoms with Crippen LogP contribution in [-0.4, -0.2) is 24.8 Å². The maximum absolute atomic E-state index is 6.03. The highest BCUT2D eigenvalue weighted by Crippen LogP contribution is 2.31. The van der Waals surface area contributed by atoms with Gasteiger partial charge in [0.25, 0.3) is 0 Å². The molecule has 0 amide bonds. The van der Waals surface area contributed by atoms with Crippen LogP contribution >= 0.6 is 0 Å². The summed E-state index contributed by atoms with van der Waals surface area (Å²) < 4.78 is 6.03. The zero-order valence-electron chi connectivity index (χ0n) is 12.8. The third-order valence-corrected chi connectivity index (χ3v) is 4.37. The van der Waals surface area contributed by atoms with E-state index in [1.54, 1.807) is 0 Å². The quantitative estimate of drug-likeness (QED) is 0.877. The summed E-state index contributed by atoms with van der Waals surface area (Å²) in [6, 6.07) is 7.14. The maximum Gasteiger partial charge on any atom is 0.0810 e. The molecule has 1 fully saturated rings. The highest BCUT2D eigenvalue weighted by molar-refractivity contribution is 5.31. The summed E-state index contributed by atoms with van der Waals surface area (Å²) in [5, 5.41) is 3.64. The molecule has 2 atom stereocenters. The second kappa shape index (κ2) is 6.06. The highest BCUT2D eigenvalue weighted by atomic mass is 16.5. The monoisotopic (exact) mass is 261 g/mol. The van der Waals surface area contributed by atoms with E-state index in [1.807, 2.05) is 0 Å². The van der Waals surface area contributed by atoms with Crippen LogP contribution < -0.4 is 5.32 Å². The number of nitrogens with one attached hydrogen (secondary N) is 1. The summed E-state index contributed by atoms with van der Waals surface area (Å²) in [6.07, 6.45) is 3.40.